The Labute approximate surface area is 163 Å². The topological polar surface area (TPSA) is 71.1 Å². The lowest BCUT2D eigenvalue weighted by Gasteiger charge is -2.06. The number of halogens is 2. The van der Waals surface area contributed by atoms with Crippen LogP contribution in [0.25, 0.3) is 0 Å². The molecule has 2 rings (SSSR count). The fourth-order valence-corrected chi connectivity index (χ4v) is 2.65. The van der Waals surface area contributed by atoms with Crippen LogP contribution in [0.1, 0.15) is 36.0 Å². The van der Waals surface area contributed by atoms with Crippen molar-refractivity contribution in [2.45, 2.75) is 25.7 Å². The molecule has 2 aromatic rings. The van der Waals surface area contributed by atoms with Gasteiger partial charge in [0.25, 0.3) is 5.91 Å². The lowest BCUT2D eigenvalue weighted by atomic mass is 10.1. The third-order valence-corrected chi connectivity index (χ3v) is 4.47. The summed E-state index contributed by atoms with van der Waals surface area (Å²) in [5.74, 6) is 0.426. The number of nitrogens with zero attached hydrogens (tertiary/aromatic N) is 1. The molecule has 1 aromatic heterocycles. The van der Waals surface area contributed by atoms with Crippen LogP contribution in [0.15, 0.2) is 51.5 Å². The molecule has 0 saturated heterocycles. The molecule has 2 amide bonds. The average molecular weight is 469 g/mol. The van der Waals surface area contributed by atoms with Crippen molar-refractivity contribution in [3.63, 3.8) is 0 Å². The summed E-state index contributed by atoms with van der Waals surface area (Å²) >= 11 is 6.64. The van der Waals surface area contributed by atoms with Gasteiger partial charge in [-0.1, -0.05) is 22.4 Å². The number of pyridine rings is 1. The van der Waals surface area contributed by atoms with E-state index in [1.54, 1.807) is 24.4 Å². The van der Waals surface area contributed by atoms with Gasteiger partial charge in [-0.05, 0) is 65.2 Å². The van der Waals surface area contributed by atoms with Crippen LogP contribution in [0.2, 0.25) is 0 Å². The number of benzene rings is 1. The molecule has 0 fully saturated rings. The molecule has 1 heterocycles. The molecule has 0 saturated carbocycles. The molecule has 5 nitrogen and oxygen atoms in total. The van der Waals surface area contributed by atoms with Crippen molar-refractivity contribution < 1.29 is 9.59 Å². The van der Waals surface area contributed by atoms with Crippen molar-refractivity contribution in [2.24, 2.45) is 0 Å². The summed E-state index contributed by atoms with van der Waals surface area (Å²) in [6.45, 7) is 0.602. The fraction of sp³-hybridized carbons (Fsp3) is 0.278. The van der Waals surface area contributed by atoms with E-state index in [2.05, 4.69) is 47.5 Å². The largest absolute Gasteiger partial charge is 0.352 e. The minimum Gasteiger partial charge on any atom is -0.352 e. The minimum absolute atomic E-state index is 0.0475. The maximum absolute atomic E-state index is 11.9. The normalized spacial score (nSPS) is 10.3. The van der Waals surface area contributed by atoms with Crippen molar-refractivity contribution in [2.75, 3.05) is 11.9 Å². The van der Waals surface area contributed by atoms with Crippen molar-refractivity contribution in [3.05, 3.63) is 57.1 Å². The van der Waals surface area contributed by atoms with E-state index >= 15 is 0 Å². The number of carbonyl (C=O) groups excluding carboxylic acids is 2. The van der Waals surface area contributed by atoms with E-state index < -0.39 is 0 Å². The first-order valence-corrected chi connectivity index (χ1v) is 9.58. The Bertz CT molecular complexity index is 703. The SMILES string of the molecule is O=C(CCCCCNC(=O)c1ccc(Br)cc1)Nc1ccc(Br)cn1. The number of hydrogen-bond donors (Lipinski definition) is 2. The molecule has 0 aliphatic heterocycles. The lowest BCUT2D eigenvalue weighted by Crippen LogP contribution is -2.24. The Morgan fingerprint density at radius 2 is 1.64 bits per heavy atom. The van der Waals surface area contributed by atoms with Crippen LogP contribution in [-0.4, -0.2) is 23.3 Å². The van der Waals surface area contributed by atoms with Crippen LogP contribution in [-0.2, 0) is 4.79 Å². The van der Waals surface area contributed by atoms with Crippen molar-refractivity contribution in [3.8, 4) is 0 Å². The van der Waals surface area contributed by atoms with Crippen molar-refractivity contribution in [1.29, 1.82) is 0 Å². The zero-order valence-corrected chi connectivity index (χ0v) is 16.8. The van der Waals surface area contributed by atoms with Crippen LogP contribution >= 0.6 is 31.9 Å². The number of hydrogen-bond acceptors (Lipinski definition) is 3. The molecule has 0 aliphatic rings. The predicted octanol–water partition coefficient (Wildman–Crippen LogP) is 4.54. The predicted molar refractivity (Wildman–Crippen MR) is 106 cm³/mol. The van der Waals surface area contributed by atoms with Gasteiger partial charge in [-0.2, -0.15) is 0 Å². The first kappa shape index (κ1) is 19.6. The summed E-state index contributed by atoms with van der Waals surface area (Å²) in [5.41, 5.74) is 0.643. The van der Waals surface area contributed by atoms with Crippen LogP contribution < -0.4 is 10.6 Å². The van der Waals surface area contributed by atoms with E-state index in [-0.39, 0.29) is 11.8 Å². The van der Waals surface area contributed by atoms with Crippen LogP contribution in [0.4, 0.5) is 5.82 Å². The summed E-state index contributed by atoms with van der Waals surface area (Å²) in [4.78, 5) is 27.8. The van der Waals surface area contributed by atoms with Gasteiger partial charge in [0, 0.05) is 33.7 Å². The Morgan fingerprint density at radius 1 is 0.920 bits per heavy atom. The molecule has 132 valence electrons. The molecule has 25 heavy (non-hydrogen) atoms. The zero-order chi connectivity index (χ0) is 18.1. The van der Waals surface area contributed by atoms with E-state index in [4.69, 9.17) is 0 Å². The van der Waals surface area contributed by atoms with E-state index in [0.29, 0.717) is 24.3 Å². The summed E-state index contributed by atoms with van der Waals surface area (Å²) < 4.78 is 1.82. The molecular formula is C18H19Br2N3O2. The van der Waals surface area contributed by atoms with E-state index in [1.807, 2.05) is 18.2 Å². The summed E-state index contributed by atoms with van der Waals surface area (Å²) in [6, 6.07) is 10.8. The summed E-state index contributed by atoms with van der Waals surface area (Å²) in [5, 5.41) is 5.64. The highest BCUT2D eigenvalue weighted by atomic mass is 79.9. The lowest BCUT2D eigenvalue weighted by molar-refractivity contribution is -0.116. The Kier molecular flexibility index (Phi) is 8.08. The number of unbranched alkanes of at least 4 members (excludes halogenated alkanes) is 2. The highest BCUT2D eigenvalue weighted by molar-refractivity contribution is 9.10. The second kappa shape index (κ2) is 10.3. The first-order valence-electron chi connectivity index (χ1n) is 8.00. The summed E-state index contributed by atoms with van der Waals surface area (Å²) in [7, 11) is 0. The van der Waals surface area contributed by atoms with Crippen LogP contribution in [0, 0.1) is 0 Å². The first-order chi connectivity index (χ1) is 12.0. The molecule has 0 aliphatic carbocycles. The van der Waals surface area contributed by atoms with Crippen molar-refractivity contribution in [1.82, 2.24) is 10.3 Å². The maximum Gasteiger partial charge on any atom is 0.251 e. The minimum atomic E-state index is -0.0773. The van der Waals surface area contributed by atoms with Gasteiger partial charge in [0.1, 0.15) is 5.82 Å². The molecule has 0 unspecified atom stereocenters. The van der Waals surface area contributed by atoms with Gasteiger partial charge < -0.3 is 10.6 Å². The van der Waals surface area contributed by atoms with Gasteiger partial charge in [0.2, 0.25) is 5.91 Å². The molecule has 7 heteroatoms. The molecule has 0 bridgehead atoms. The highest BCUT2D eigenvalue weighted by Crippen LogP contribution is 2.12. The molecule has 0 spiro atoms. The Hall–Kier alpha value is -1.73. The van der Waals surface area contributed by atoms with Crippen molar-refractivity contribution >= 4 is 49.5 Å². The number of rotatable bonds is 8. The third kappa shape index (κ3) is 7.36. The smallest absolute Gasteiger partial charge is 0.251 e. The number of aromatic nitrogens is 1. The van der Waals surface area contributed by atoms with Crippen LogP contribution in [0.5, 0.6) is 0 Å². The Balaban J connectivity index is 1.57. The van der Waals surface area contributed by atoms with Gasteiger partial charge >= 0.3 is 0 Å². The highest BCUT2D eigenvalue weighted by Gasteiger charge is 2.05. The van der Waals surface area contributed by atoms with E-state index in [0.717, 1.165) is 28.2 Å². The standard InChI is InChI=1S/C18H19Br2N3O2/c19-14-7-5-13(6-8-14)18(25)21-11-3-1-2-4-17(24)23-16-10-9-15(20)12-22-16/h5-10,12H,1-4,11H2,(H,21,25)(H,22,23,24). The van der Waals surface area contributed by atoms with E-state index in [1.165, 1.54) is 0 Å². The number of amides is 2. The van der Waals surface area contributed by atoms with Gasteiger partial charge in [0.15, 0.2) is 0 Å². The summed E-state index contributed by atoms with van der Waals surface area (Å²) in [6.07, 6.45) is 4.58. The molecule has 0 radical (unpaired) electrons. The van der Waals surface area contributed by atoms with Gasteiger partial charge in [0.05, 0.1) is 0 Å². The number of anilines is 1. The second-order valence-electron chi connectivity index (χ2n) is 5.48. The maximum atomic E-state index is 11.9. The monoisotopic (exact) mass is 467 g/mol. The quantitative estimate of drug-likeness (QED) is 0.559. The number of nitrogens with one attached hydrogen (secondary N) is 2. The van der Waals surface area contributed by atoms with Crippen LogP contribution in [0.3, 0.4) is 0 Å². The molecular weight excluding hydrogens is 450 g/mol. The molecule has 1 aromatic carbocycles. The van der Waals surface area contributed by atoms with E-state index in [9.17, 15) is 9.59 Å². The second-order valence-corrected chi connectivity index (χ2v) is 7.31. The molecule has 2 N–H and O–H groups in total. The fourth-order valence-electron chi connectivity index (χ4n) is 2.15. The third-order valence-electron chi connectivity index (χ3n) is 3.47. The molecule has 0 atom stereocenters. The van der Waals surface area contributed by atoms with Gasteiger partial charge in [-0.3, -0.25) is 9.59 Å². The van der Waals surface area contributed by atoms with Gasteiger partial charge in [-0.25, -0.2) is 4.98 Å². The van der Waals surface area contributed by atoms with Gasteiger partial charge in [-0.15, -0.1) is 0 Å². The average Bonchev–Trinajstić information content (AvgIpc) is 2.60. The Morgan fingerprint density at radius 3 is 2.32 bits per heavy atom. The zero-order valence-electron chi connectivity index (χ0n) is 13.6. The number of carbonyl (C=O) groups is 2.